The van der Waals surface area contributed by atoms with E-state index in [2.05, 4.69) is 0 Å². The summed E-state index contributed by atoms with van der Waals surface area (Å²) in [4.78, 5) is 24.6. The molecule has 0 bridgehead atoms. The average Bonchev–Trinajstić information content (AvgIpc) is 2.43. The van der Waals surface area contributed by atoms with Gasteiger partial charge in [-0.3, -0.25) is 9.59 Å². The van der Waals surface area contributed by atoms with Gasteiger partial charge in [-0.1, -0.05) is 6.42 Å². The van der Waals surface area contributed by atoms with E-state index in [0.29, 0.717) is 13.0 Å². The van der Waals surface area contributed by atoms with Gasteiger partial charge in [0.2, 0.25) is 5.91 Å². The molecule has 0 aromatic heterocycles. The van der Waals surface area contributed by atoms with Gasteiger partial charge in [0.05, 0.1) is 5.92 Å². The van der Waals surface area contributed by atoms with E-state index in [0.717, 1.165) is 19.3 Å². The molecule has 0 radical (unpaired) electrons. The number of likely N-dealkylation sites (tertiary alicyclic amines) is 1. The minimum Gasteiger partial charge on any atom is -0.481 e. The Balaban J connectivity index is 1.99. The molecule has 4 nitrogen and oxygen atoms in total. The molecule has 0 spiro atoms. The number of carbonyl (C=O) groups excluding carboxylic acids is 1. The summed E-state index contributed by atoms with van der Waals surface area (Å²) in [5.74, 6) is -0.780. The molecule has 1 heterocycles. The Kier molecular flexibility index (Phi) is 2.67. The van der Waals surface area contributed by atoms with Crippen molar-refractivity contribution in [3.63, 3.8) is 0 Å². The molecular formula is C11H17NO3. The van der Waals surface area contributed by atoms with E-state index in [1.165, 1.54) is 0 Å². The second-order valence-electron chi connectivity index (χ2n) is 4.63. The van der Waals surface area contributed by atoms with Gasteiger partial charge < -0.3 is 10.0 Å². The smallest absolute Gasteiger partial charge is 0.308 e. The molecule has 1 saturated heterocycles. The number of hydrogen-bond acceptors (Lipinski definition) is 2. The first-order valence-corrected chi connectivity index (χ1v) is 5.64. The maximum absolute atomic E-state index is 11.9. The number of nitrogens with zero attached hydrogens (tertiary/aromatic N) is 1. The number of carbonyl (C=O) groups is 2. The van der Waals surface area contributed by atoms with E-state index in [9.17, 15) is 9.59 Å². The second kappa shape index (κ2) is 3.83. The Labute approximate surface area is 89.3 Å². The fourth-order valence-electron chi connectivity index (χ4n) is 2.47. The van der Waals surface area contributed by atoms with Gasteiger partial charge >= 0.3 is 5.97 Å². The van der Waals surface area contributed by atoms with Crippen LogP contribution >= 0.6 is 0 Å². The van der Waals surface area contributed by atoms with Crippen molar-refractivity contribution in [2.45, 2.75) is 38.6 Å². The first-order valence-electron chi connectivity index (χ1n) is 5.64. The van der Waals surface area contributed by atoms with Crippen molar-refractivity contribution in [2.75, 3.05) is 6.54 Å². The summed E-state index contributed by atoms with van der Waals surface area (Å²) in [7, 11) is 0. The normalized spacial score (nSPS) is 31.4. The number of aliphatic carboxylic acids is 1. The number of carboxylic acid groups (broad SMARTS) is 1. The summed E-state index contributed by atoms with van der Waals surface area (Å²) in [5.41, 5.74) is 0. The van der Waals surface area contributed by atoms with Crippen LogP contribution in [0, 0.1) is 11.8 Å². The van der Waals surface area contributed by atoms with Crippen LogP contribution in [0.4, 0.5) is 0 Å². The fraction of sp³-hybridized carbons (Fsp3) is 0.818. The van der Waals surface area contributed by atoms with Crippen molar-refractivity contribution in [1.29, 1.82) is 0 Å². The Bertz CT molecular complexity index is 286. The zero-order chi connectivity index (χ0) is 11.0. The second-order valence-corrected chi connectivity index (χ2v) is 4.63. The van der Waals surface area contributed by atoms with Gasteiger partial charge in [-0.05, 0) is 26.2 Å². The SMILES string of the molecule is CC1C(C(=O)O)CCN1C(=O)C1CCC1. The Hall–Kier alpha value is -1.06. The van der Waals surface area contributed by atoms with E-state index >= 15 is 0 Å². The van der Waals surface area contributed by atoms with Gasteiger partial charge in [-0.15, -0.1) is 0 Å². The Morgan fingerprint density at radius 1 is 1.27 bits per heavy atom. The first kappa shape index (κ1) is 10.5. The van der Waals surface area contributed by atoms with Gasteiger partial charge in [-0.25, -0.2) is 0 Å². The minimum absolute atomic E-state index is 0.129. The van der Waals surface area contributed by atoms with E-state index in [4.69, 9.17) is 5.11 Å². The molecule has 4 heteroatoms. The summed E-state index contributed by atoms with van der Waals surface area (Å²) in [5, 5.41) is 8.96. The van der Waals surface area contributed by atoms with Crippen molar-refractivity contribution in [3.05, 3.63) is 0 Å². The summed E-state index contributed by atoms with van der Waals surface area (Å²) >= 11 is 0. The third-order valence-corrected chi connectivity index (χ3v) is 3.81. The molecule has 0 aromatic carbocycles. The standard InChI is InChI=1S/C11H17NO3/c1-7-9(11(14)15)5-6-12(7)10(13)8-3-2-4-8/h7-9H,2-6H2,1H3,(H,14,15). The zero-order valence-electron chi connectivity index (χ0n) is 8.98. The number of hydrogen-bond donors (Lipinski definition) is 1. The summed E-state index contributed by atoms with van der Waals surface area (Å²) in [6.45, 7) is 2.47. The Morgan fingerprint density at radius 2 is 1.93 bits per heavy atom. The molecule has 1 aliphatic heterocycles. The fourth-order valence-corrected chi connectivity index (χ4v) is 2.47. The maximum Gasteiger partial charge on any atom is 0.308 e. The van der Waals surface area contributed by atoms with Gasteiger partial charge in [0.25, 0.3) is 0 Å². The van der Waals surface area contributed by atoms with Crippen LogP contribution in [0.15, 0.2) is 0 Å². The summed E-state index contributed by atoms with van der Waals surface area (Å²) in [6, 6.07) is -0.129. The third kappa shape index (κ3) is 1.73. The molecule has 2 atom stereocenters. The molecule has 1 saturated carbocycles. The molecule has 0 aromatic rings. The molecule has 2 aliphatic rings. The maximum atomic E-state index is 11.9. The highest BCUT2D eigenvalue weighted by Gasteiger charge is 2.41. The van der Waals surface area contributed by atoms with E-state index < -0.39 is 5.97 Å². The van der Waals surface area contributed by atoms with Gasteiger partial charge in [0.15, 0.2) is 0 Å². The zero-order valence-corrected chi connectivity index (χ0v) is 8.98. The number of carboxylic acids is 1. The van der Waals surface area contributed by atoms with Gasteiger partial charge in [0, 0.05) is 18.5 Å². The molecule has 2 unspecified atom stereocenters. The van der Waals surface area contributed by atoms with Gasteiger partial charge in [0.1, 0.15) is 0 Å². The van der Waals surface area contributed by atoms with Crippen molar-refractivity contribution in [3.8, 4) is 0 Å². The van der Waals surface area contributed by atoms with Crippen molar-refractivity contribution in [2.24, 2.45) is 11.8 Å². The highest BCUT2D eigenvalue weighted by atomic mass is 16.4. The van der Waals surface area contributed by atoms with Crippen LogP contribution < -0.4 is 0 Å². The van der Waals surface area contributed by atoms with Crippen molar-refractivity contribution in [1.82, 2.24) is 4.90 Å². The molecule has 1 aliphatic carbocycles. The lowest BCUT2D eigenvalue weighted by atomic mass is 9.84. The molecule has 2 fully saturated rings. The first-order chi connectivity index (χ1) is 7.11. The van der Waals surface area contributed by atoms with E-state index in [1.54, 1.807) is 4.90 Å². The predicted molar refractivity (Wildman–Crippen MR) is 54.3 cm³/mol. The lowest BCUT2D eigenvalue weighted by Crippen LogP contribution is -2.42. The number of rotatable bonds is 2. The lowest BCUT2D eigenvalue weighted by Gasteiger charge is -2.32. The average molecular weight is 211 g/mol. The van der Waals surface area contributed by atoms with Crippen LogP contribution in [0.5, 0.6) is 0 Å². The predicted octanol–water partition coefficient (Wildman–Crippen LogP) is 1.11. The highest BCUT2D eigenvalue weighted by Crippen LogP contribution is 2.32. The molecule has 2 rings (SSSR count). The minimum atomic E-state index is -0.772. The molecular weight excluding hydrogens is 194 g/mol. The van der Waals surface area contributed by atoms with Crippen molar-refractivity contribution >= 4 is 11.9 Å². The van der Waals surface area contributed by atoms with Crippen LogP contribution in [0.3, 0.4) is 0 Å². The lowest BCUT2D eigenvalue weighted by molar-refractivity contribution is -0.144. The van der Waals surface area contributed by atoms with Crippen LogP contribution in [0.25, 0.3) is 0 Å². The van der Waals surface area contributed by atoms with Gasteiger partial charge in [-0.2, -0.15) is 0 Å². The molecule has 15 heavy (non-hydrogen) atoms. The monoisotopic (exact) mass is 211 g/mol. The number of amides is 1. The van der Waals surface area contributed by atoms with Crippen LogP contribution in [0.2, 0.25) is 0 Å². The molecule has 1 N–H and O–H groups in total. The van der Waals surface area contributed by atoms with Crippen molar-refractivity contribution < 1.29 is 14.7 Å². The van der Waals surface area contributed by atoms with E-state index in [-0.39, 0.29) is 23.8 Å². The van der Waals surface area contributed by atoms with E-state index in [1.807, 2.05) is 6.92 Å². The summed E-state index contributed by atoms with van der Waals surface area (Å²) < 4.78 is 0. The highest BCUT2D eigenvalue weighted by molar-refractivity contribution is 5.82. The van der Waals surface area contributed by atoms with Crippen LogP contribution in [-0.4, -0.2) is 34.5 Å². The van der Waals surface area contributed by atoms with Crippen LogP contribution in [-0.2, 0) is 9.59 Å². The molecule has 84 valence electrons. The Morgan fingerprint density at radius 3 is 2.33 bits per heavy atom. The largest absolute Gasteiger partial charge is 0.481 e. The third-order valence-electron chi connectivity index (χ3n) is 3.81. The molecule has 1 amide bonds. The topological polar surface area (TPSA) is 57.6 Å². The van der Waals surface area contributed by atoms with Crippen LogP contribution in [0.1, 0.15) is 32.6 Å². The summed E-state index contributed by atoms with van der Waals surface area (Å²) in [6.07, 6.45) is 3.72. The quantitative estimate of drug-likeness (QED) is 0.744.